The lowest BCUT2D eigenvalue weighted by molar-refractivity contribution is 0.102. The maximum atomic E-state index is 12.1. The highest BCUT2D eigenvalue weighted by molar-refractivity contribution is 6.03. The SMILES string of the molecule is Cn1cc(C(=O)Nc2ccc([C@@H]3C[C@H]3N(CC3CC3)C(=O)O)cc2)cn1. The third-order valence-electron chi connectivity index (χ3n) is 5.12. The molecule has 2 saturated carbocycles. The van der Waals surface area contributed by atoms with Crippen molar-refractivity contribution in [2.24, 2.45) is 13.0 Å². The molecule has 0 bridgehead atoms. The van der Waals surface area contributed by atoms with Gasteiger partial charge < -0.3 is 15.3 Å². The molecule has 136 valence electrons. The number of nitrogens with one attached hydrogen (secondary N) is 1. The van der Waals surface area contributed by atoms with Gasteiger partial charge in [0.2, 0.25) is 0 Å². The van der Waals surface area contributed by atoms with Crippen LogP contribution in [0, 0.1) is 5.92 Å². The molecule has 2 N–H and O–H groups in total. The molecule has 0 radical (unpaired) electrons. The normalized spacial score (nSPS) is 21.3. The van der Waals surface area contributed by atoms with Crippen LogP contribution in [0.15, 0.2) is 36.7 Å². The van der Waals surface area contributed by atoms with Crippen LogP contribution in [0.25, 0.3) is 0 Å². The third-order valence-corrected chi connectivity index (χ3v) is 5.12. The van der Waals surface area contributed by atoms with E-state index in [2.05, 4.69) is 10.4 Å². The number of amides is 2. The first-order valence-electron chi connectivity index (χ1n) is 8.91. The van der Waals surface area contributed by atoms with Crippen LogP contribution in [0.4, 0.5) is 10.5 Å². The molecular weight excluding hydrogens is 332 g/mol. The van der Waals surface area contributed by atoms with Crippen LogP contribution in [0.3, 0.4) is 0 Å². The van der Waals surface area contributed by atoms with Crippen molar-refractivity contribution < 1.29 is 14.7 Å². The second kappa shape index (κ2) is 6.48. The highest BCUT2D eigenvalue weighted by atomic mass is 16.4. The summed E-state index contributed by atoms with van der Waals surface area (Å²) in [6.07, 6.45) is 5.54. The van der Waals surface area contributed by atoms with Crippen LogP contribution in [0.1, 0.15) is 41.1 Å². The highest BCUT2D eigenvalue weighted by Crippen LogP contribution is 2.46. The van der Waals surface area contributed by atoms with Crippen molar-refractivity contribution >= 4 is 17.7 Å². The molecule has 2 amide bonds. The first kappa shape index (κ1) is 16.6. The van der Waals surface area contributed by atoms with Crippen molar-refractivity contribution in [2.45, 2.75) is 31.2 Å². The summed E-state index contributed by atoms with van der Waals surface area (Å²) in [5, 5.41) is 16.3. The average molecular weight is 354 g/mol. The topological polar surface area (TPSA) is 87.5 Å². The minimum absolute atomic E-state index is 0.0870. The van der Waals surface area contributed by atoms with Crippen LogP contribution in [0.5, 0.6) is 0 Å². The Kier molecular flexibility index (Phi) is 4.14. The van der Waals surface area contributed by atoms with Gasteiger partial charge in [0.25, 0.3) is 5.91 Å². The first-order chi connectivity index (χ1) is 12.5. The number of carboxylic acid groups (broad SMARTS) is 1. The minimum Gasteiger partial charge on any atom is -0.465 e. The number of aryl methyl sites for hydroxylation is 1. The number of hydrogen-bond acceptors (Lipinski definition) is 3. The van der Waals surface area contributed by atoms with Crippen molar-refractivity contribution in [3.63, 3.8) is 0 Å². The van der Waals surface area contributed by atoms with Crippen LogP contribution >= 0.6 is 0 Å². The predicted octanol–water partition coefficient (Wildman–Crippen LogP) is 2.92. The molecule has 4 rings (SSSR count). The van der Waals surface area contributed by atoms with E-state index in [-0.39, 0.29) is 17.9 Å². The molecule has 2 aliphatic carbocycles. The summed E-state index contributed by atoms with van der Waals surface area (Å²) in [5.74, 6) is 0.613. The van der Waals surface area contributed by atoms with E-state index >= 15 is 0 Å². The zero-order chi connectivity index (χ0) is 18.3. The van der Waals surface area contributed by atoms with E-state index in [9.17, 15) is 14.7 Å². The van der Waals surface area contributed by atoms with E-state index < -0.39 is 6.09 Å². The number of anilines is 1. The molecule has 1 aromatic carbocycles. The maximum absolute atomic E-state index is 12.1. The number of nitrogens with zero attached hydrogens (tertiary/aromatic N) is 3. The Morgan fingerprint density at radius 3 is 2.62 bits per heavy atom. The lowest BCUT2D eigenvalue weighted by Gasteiger charge is -2.19. The minimum atomic E-state index is -0.815. The van der Waals surface area contributed by atoms with Gasteiger partial charge in [0.15, 0.2) is 0 Å². The summed E-state index contributed by atoms with van der Waals surface area (Å²) >= 11 is 0. The van der Waals surface area contributed by atoms with Gasteiger partial charge in [-0.15, -0.1) is 0 Å². The lowest BCUT2D eigenvalue weighted by atomic mass is 10.1. The summed E-state index contributed by atoms with van der Waals surface area (Å²) in [5.41, 5.74) is 2.35. The summed E-state index contributed by atoms with van der Waals surface area (Å²) in [7, 11) is 1.77. The molecule has 2 aromatic rings. The Hall–Kier alpha value is -2.83. The molecule has 1 heterocycles. The standard InChI is InChI=1S/C19H22N4O3/c1-22-11-14(9-20-22)18(24)21-15-6-4-13(5-7-15)16-8-17(16)23(19(25)26)10-12-2-3-12/h4-7,9,11-12,16-17H,2-3,8,10H2,1H3,(H,21,24)(H,25,26)/t16-,17+/m0/s1. The van der Waals surface area contributed by atoms with Crippen molar-refractivity contribution in [1.29, 1.82) is 0 Å². The molecule has 0 aliphatic heterocycles. The Labute approximate surface area is 151 Å². The van der Waals surface area contributed by atoms with Gasteiger partial charge in [0.05, 0.1) is 11.8 Å². The van der Waals surface area contributed by atoms with Crippen LogP contribution in [-0.2, 0) is 7.05 Å². The van der Waals surface area contributed by atoms with E-state index in [0.29, 0.717) is 23.7 Å². The highest BCUT2D eigenvalue weighted by Gasteiger charge is 2.46. The van der Waals surface area contributed by atoms with Gasteiger partial charge in [-0.05, 0) is 42.9 Å². The molecular formula is C19H22N4O3. The first-order valence-corrected chi connectivity index (χ1v) is 8.91. The fourth-order valence-electron chi connectivity index (χ4n) is 3.37. The van der Waals surface area contributed by atoms with Gasteiger partial charge in [-0.2, -0.15) is 5.10 Å². The van der Waals surface area contributed by atoms with E-state index in [4.69, 9.17) is 0 Å². The molecule has 0 saturated heterocycles. The van der Waals surface area contributed by atoms with Crippen molar-refractivity contribution in [2.75, 3.05) is 11.9 Å². The second-order valence-corrected chi connectivity index (χ2v) is 7.27. The fraction of sp³-hybridized carbons (Fsp3) is 0.421. The third kappa shape index (κ3) is 3.56. The second-order valence-electron chi connectivity index (χ2n) is 7.27. The smallest absolute Gasteiger partial charge is 0.407 e. The van der Waals surface area contributed by atoms with Crippen LogP contribution < -0.4 is 5.32 Å². The molecule has 7 heteroatoms. The monoisotopic (exact) mass is 354 g/mol. The molecule has 1 aromatic heterocycles. The van der Waals surface area contributed by atoms with E-state index in [1.54, 1.807) is 22.8 Å². The maximum Gasteiger partial charge on any atom is 0.407 e. The van der Waals surface area contributed by atoms with Gasteiger partial charge >= 0.3 is 6.09 Å². The van der Waals surface area contributed by atoms with E-state index in [1.807, 2.05) is 24.3 Å². The number of rotatable bonds is 6. The Morgan fingerprint density at radius 2 is 2.04 bits per heavy atom. The van der Waals surface area contributed by atoms with Gasteiger partial charge in [0.1, 0.15) is 0 Å². The van der Waals surface area contributed by atoms with Gasteiger partial charge in [0, 0.05) is 37.4 Å². The number of aromatic nitrogens is 2. The molecule has 7 nitrogen and oxygen atoms in total. The van der Waals surface area contributed by atoms with Gasteiger partial charge in [-0.3, -0.25) is 9.48 Å². The molecule has 2 fully saturated rings. The predicted molar refractivity (Wildman–Crippen MR) is 96.2 cm³/mol. The van der Waals surface area contributed by atoms with Gasteiger partial charge in [-0.1, -0.05) is 12.1 Å². The summed E-state index contributed by atoms with van der Waals surface area (Å²) in [6.45, 7) is 0.662. The van der Waals surface area contributed by atoms with E-state index in [1.165, 1.54) is 6.20 Å². The van der Waals surface area contributed by atoms with Crippen molar-refractivity contribution in [3.8, 4) is 0 Å². The lowest BCUT2D eigenvalue weighted by Crippen LogP contribution is -2.34. The Morgan fingerprint density at radius 1 is 1.31 bits per heavy atom. The number of carbonyl (C=O) groups is 2. The van der Waals surface area contributed by atoms with E-state index in [0.717, 1.165) is 24.8 Å². The number of carbonyl (C=O) groups excluding carboxylic acids is 1. The Balaban J connectivity index is 1.37. The fourth-order valence-corrected chi connectivity index (χ4v) is 3.37. The molecule has 0 spiro atoms. The summed E-state index contributed by atoms with van der Waals surface area (Å²) in [6, 6.07) is 7.76. The Bertz CT molecular complexity index is 826. The van der Waals surface area contributed by atoms with Crippen LogP contribution in [0.2, 0.25) is 0 Å². The summed E-state index contributed by atoms with van der Waals surface area (Å²) < 4.78 is 1.58. The molecule has 26 heavy (non-hydrogen) atoms. The summed E-state index contributed by atoms with van der Waals surface area (Å²) in [4.78, 5) is 25.3. The van der Waals surface area contributed by atoms with Crippen LogP contribution in [-0.4, -0.2) is 44.4 Å². The average Bonchev–Trinajstić information content (AvgIpc) is 3.52. The van der Waals surface area contributed by atoms with Crippen molar-refractivity contribution in [1.82, 2.24) is 14.7 Å². The molecule has 0 unspecified atom stereocenters. The zero-order valence-corrected chi connectivity index (χ0v) is 14.6. The van der Waals surface area contributed by atoms with Crippen molar-refractivity contribution in [3.05, 3.63) is 47.8 Å². The zero-order valence-electron chi connectivity index (χ0n) is 14.6. The van der Waals surface area contributed by atoms with Gasteiger partial charge in [-0.25, -0.2) is 4.79 Å². The quantitative estimate of drug-likeness (QED) is 0.835. The number of hydrogen-bond donors (Lipinski definition) is 2. The molecule has 2 atom stereocenters. The molecule has 2 aliphatic rings. The number of benzene rings is 1. The largest absolute Gasteiger partial charge is 0.465 e.